The van der Waals surface area contributed by atoms with Gasteiger partial charge in [-0.1, -0.05) is 36.4 Å². The van der Waals surface area contributed by atoms with Crippen LogP contribution in [0.25, 0.3) is 89.0 Å². The first-order chi connectivity index (χ1) is 27.3. The van der Waals surface area contributed by atoms with Crippen LogP contribution in [0.1, 0.15) is 28.9 Å². The van der Waals surface area contributed by atoms with Gasteiger partial charge >= 0.3 is 0 Å². The minimum absolute atomic E-state index is 0.549. The highest BCUT2D eigenvalue weighted by atomic mass is 15.0. The van der Waals surface area contributed by atoms with Crippen molar-refractivity contribution in [3.63, 3.8) is 0 Å². The van der Waals surface area contributed by atoms with Crippen molar-refractivity contribution in [3.8, 4) is 51.5 Å². The van der Waals surface area contributed by atoms with Gasteiger partial charge in [-0.2, -0.15) is 5.26 Å². The number of rotatable bonds is 5. The van der Waals surface area contributed by atoms with Gasteiger partial charge in [-0.15, -0.1) is 0 Å². The van der Waals surface area contributed by atoms with Gasteiger partial charge < -0.3 is 9.13 Å². The lowest BCUT2D eigenvalue weighted by atomic mass is 10.0. The highest BCUT2D eigenvalue weighted by Crippen LogP contribution is 2.39. The number of aromatic nitrogens is 9. The molecule has 0 amide bonds. The highest BCUT2D eigenvalue weighted by Gasteiger charge is 2.20. The Hall–Kier alpha value is -7.64. The summed E-state index contributed by atoms with van der Waals surface area (Å²) in [5.41, 5.74) is 9.99. The standard InChI is InChI=1S/C46H32N10/c1-26-49-27(2)52-45(51-26)31-14-17-42-36(22-31)34-9-5-7-11-40(34)55(42)33-19-20-48-39(24-33)38-21-30(25-47)13-16-44(38)56-41-12-8-6-10-35(41)37-23-32(15-18-43(37)56)46-53-28(3)50-29(4)54-46/h5-24H,1-4H3. The molecule has 5 aromatic carbocycles. The maximum atomic E-state index is 10.1. The molecule has 5 heterocycles. The van der Waals surface area contributed by atoms with Crippen LogP contribution in [-0.2, 0) is 0 Å². The van der Waals surface area contributed by atoms with Gasteiger partial charge in [0.2, 0.25) is 0 Å². The van der Waals surface area contributed by atoms with E-state index < -0.39 is 0 Å². The van der Waals surface area contributed by atoms with E-state index in [-0.39, 0.29) is 0 Å². The van der Waals surface area contributed by atoms with Crippen molar-refractivity contribution in [2.24, 2.45) is 0 Å². The van der Waals surface area contributed by atoms with Crippen LogP contribution in [0.4, 0.5) is 0 Å². The molecule has 10 aromatic rings. The smallest absolute Gasteiger partial charge is 0.163 e. The third-order valence-electron chi connectivity index (χ3n) is 10.2. The Balaban J connectivity index is 1.16. The molecule has 0 fully saturated rings. The molecule has 0 unspecified atom stereocenters. The third kappa shape index (κ3) is 5.36. The van der Waals surface area contributed by atoms with Gasteiger partial charge in [0.1, 0.15) is 23.3 Å². The molecule has 0 spiro atoms. The van der Waals surface area contributed by atoms with E-state index in [1.807, 2.05) is 58.2 Å². The Morgan fingerprint density at radius 3 is 1.57 bits per heavy atom. The van der Waals surface area contributed by atoms with Gasteiger partial charge in [0, 0.05) is 50.1 Å². The number of hydrogen-bond acceptors (Lipinski definition) is 8. The van der Waals surface area contributed by atoms with Gasteiger partial charge in [-0.3, -0.25) is 4.98 Å². The summed E-state index contributed by atoms with van der Waals surface area (Å²) < 4.78 is 4.53. The molecule has 0 atom stereocenters. The molecule has 266 valence electrons. The number of benzene rings is 5. The van der Waals surface area contributed by atoms with Gasteiger partial charge in [-0.25, -0.2) is 29.9 Å². The fourth-order valence-corrected chi connectivity index (χ4v) is 7.96. The molecule has 0 saturated carbocycles. The Kier molecular flexibility index (Phi) is 7.50. The molecule has 10 nitrogen and oxygen atoms in total. The summed E-state index contributed by atoms with van der Waals surface area (Å²) in [6.07, 6.45) is 1.84. The number of hydrogen-bond donors (Lipinski definition) is 0. The molecular formula is C46H32N10. The summed E-state index contributed by atoms with van der Waals surface area (Å²) in [4.78, 5) is 32.3. The Bertz CT molecular complexity index is 3240. The molecule has 10 heteroatoms. The fraction of sp³-hybridized carbons (Fsp3) is 0.0870. The molecule has 56 heavy (non-hydrogen) atoms. The predicted molar refractivity (Wildman–Crippen MR) is 220 cm³/mol. The van der Waals surface area contributed by atoms with E-state index in [1.165, 1.54) is 0 Å². The summed E-state index contributed by atoms with van der Waals surface area (Å²) in [5, 5.41) is 14.5. The Morgan fingerprint density at radius 2 is 1.00 bits per heavy atom. The van der Waals surface area contributed by atoms with Gasteiger partial charge in [0.15, 0.2) is 11.6 Å². The first-order valence-corrected chi connectivity index (χ1v) is 18.3. The van der Waals surface area contributed by atoms with Crippen molar-refractivity contribution in [2.75, 3.05) is 0 Å². The monoisotopic (exact) mass is 724 g/mol. The van der Waals surface area contributed by atoms with E-state index in [4.69, 9.17) is 4.98 Å². The van der Waals surface area contributed by atoms with Crippen LogP contribution >= 0.6 is 0 Å². The minimum atomic E-state index is 0.549. The van der Waals surface area contributed by atoms with Gasteiger partial charge in [-0.05, 0) is 107 Å². The molecule has 0 aliphatic carbocycles. The lowest BCUT2D eigenvalue weighted by molar-refractivity contribution is 0.928. The minimum Gasteiger partial charge on any atom is -0.309 e. The van der Waals surface area contributed by atoms with Crippen molar-refractivity contribution in [1.29, 1.82) is 5.26 Å². The number of nitriles is 1. The summed E-state index contributed by atoms with van der Waals surface area (Å²) in [6.45, 7) is 7.55. The second kappa shape index (κ2) is 12.7. The summed E-state index contributed by atoms with van der Waals surface area (Å²) in [6, 6.07) is 41.8. The lowest BCUT2D eigenvalue weighted by Crippen LogP contribution is -2.01. The van der Waals surface area contributed by atoms with Crippen molar-refractivity contribution >= 4 is 43.6 Å². The molecular weight excluding hydrogens is 693 g/mol. The van der Waals surface area contributed by atoms with Crippen molar-refractivity contribution in [1.82, 2.24) is 44.0 Å². The number of pyridine rings is 1. The van der Waals surface area contributed by atoms with Crippen LogP contribution in [0.15, 0.2) is 121 Å². The maximum absolute atomic E-state index is 10.1. The van der Waals surface area contributed by atoms with Crippen LogP contribution in [0.5, 0.6) is 0 Å². The zero-order valence-corrected chi connectivity index (χ0v) is 31.0. The molecule has 0 bridgehead atoms. The van der Waals surface area contributed by atoms with Crippen LogP contribution in [0, 0.1) is 39.0 Å². The Labute approximate surface area is 321 Å². The number of fused-ring (bicyclic) bond motifs is 6. The van der Waals surface area contributed by atoms with E-state index in [0.29, 0.717) is 40.5 Å². The maximum Gasteiger partial charge on any atom is 0.163 e. The molecule has 5 aromatic heterocycles. The van der Waals surface area contributed by atoms with Crippen LogP contribution in [0.2, 0.25) is 0 Å². The zero-order valence-electron chi connectivity index (χ0n) is 31.0. The largest absolute Gasteiger partial charge is 0.309 e. The fourth-order valence-electron chi connectivity index (χ4n) is 7.96. The van der Waals surface area contributed by atoms with E-state index in [1.54, 1.807) is 0 Å². The SMILES string of the molecule is Cc1nc(C)nc(-c2ccc3c(c2)c2ccccc2n3-c2ccnc(-c3cc(C#N)ccc3-n3c4ccccc4c4cc(-c5nc(C)nc(C)n5)ccc43)c2)n1. The lowest BCUT2D eigenvalue weighted by Gasteiger charge is -2.15. The number of nitrogens with zero attached hydrogens (tertiary/aromatic N) is 10. The normalized spacial score (nSPS) is 11.6. The van der Waals surface area contributed by atoms with Gasteiger partial charge in [0.05, 0.1) is 45.1 Å². The van der Waals surface area contributed by atoms with Gasteiger partial charge in [0.25, 0.3) is 0 Å². The molecule has 0 saturated heterocycles. The summed E-state index contributed by atoms with van der Waals surface area (Å²) >= 11 is 0. The van der Waals surface area contributed by atoms with Crippen molar-refractivity contribution in [2.45, 2.75) is 27.7 Å². The molecule has 0 aliphatic heterocycles. The first-order valence-electron chi connectivity index (χ1n) is 18.3. The quantitative estimate of drug-likeness (QED) is 0.172. The Morgan fingerprint density at radius 1 is 0.482 bits per heavy atom. The summed E-state index contributed by atoms with van der Waals surface area (Å²) in [5.74, 6) is 4.04. The zero-order chi connectivity index (χ0) is 38.1. The number of para-hydroxylation sites is 2. The van der Waals surface area contributed by atoms with Crippen LogP contribution in [0.3, 0.4) is 0 Å². The second-order valence-corrected chi connectivity index (χ2v) is 13.9. The van der Waals surface area contributed by atoms with Crippen LogP contribution < -0.4 is 0 Å². The van der Waals surface area contributed by atoms with Crippen molar-refractivity contribution < 1.29 is 0 Å². The number of aryl methyl sites for hydroxylation is 4. The predicted octanol–water partition coefficient (Wildman–Crippen LogP) is 9.75. The molecule has 0 aliphatic rings. The summed E-state index contributed by atoms with van der Waals surface area (Å²) in [7, 11) is 0. The molecule has 0 radical (unpaired) electrons. The topological polar surface area (TPSA) is 124 Å². The second-order valence-electron chi connectivity index (χ2n) is 13.9. The average Bonchev–Trinajstić information content (AvgIpc) is 3.72. The third-order valence-corrected chi connectivity index (χ3v) is 10.2. The molecule has 10 rings (SSSR count). The van der Waals surface area contributed by atoms with Crippen LogP contribution in [-0.4, -0.2) is 44.0 Å². The molecule has 0 N–H and O–H groups in total. The first kappa shape index (κ1) is 33.0. The van der Waals surface area contributed by atoms with E-state index >= 15 is 0 Å². The van der Waals surface area contributed by atoms with E-state index in [2.05, 4.69) is 136 Å². The van der Waals surface area contributed by atoms with E-state index in [9.17, 15) is 5.26 Å². The van der Waals surface area contributed by atoms with E-state index in [0.717, 1.165) is 77.4 Å². The average molecular weight is 725 g/mol. The highest BCUT2D eigenvalue weighted by molar-refractivity contribution is 6.12. The van der Waals surface area contributed by atoms with Crippen molar-refractivity contribution in [3.05, 3.63) is 150 Å².